The summed E-state index contributed by atoms with van der Waals surface area (Å²) >= 11 is 0. The Labute approximate surface area is 186 Å². The average Bonchev–Trinajstić information content (AvgIpc) is 2.74. The van der Waals surface area contributed by atoms with Crippen LogP contribution >= 0.6 is 0 Å². The molecular formula is C20H34NO11-. The number of amides is 1. The first-order valence-corrected chi connectivity index (χ1v) is 10.7. The van der Waals surface area contributed by atoms with E-state index in [0.717, 1.165) is 0 Å². The Morgan fingerprint density at radius 1 is 0.969 bits per heavy atom. The van der Waals surface area contributed by atoms with Gasteiger partial charge in [-0.15, -0.1) is 0 Å². The molecule has 186 valence electrons. The number of carboxylic acid groups (broad SMARTS) is 1. The molecule has 2 rings (SSSR count). The molecule has 2 heterocycles. The van der Waals surface area contributed by atoms with Crippen LogP contribution in [-0.2, 0) is 28.5 Å². The molecule has 32 heavy (non-hydrogen) atoms. The number of carbonyl (C=O) groups is 2. The van der Waals surface area contributed by atoms with E-state index in [1.165, 1.54) is 14.0 Å². The lowest BCUT2D eigenvalue weighted by Gasteiger charge is -2.45. The SMILES string of the molecule is CCC1C(C(=O)[O-])OC(COCC2C(O)C(CO)OC(COC)C2NC(C)=O)C(O)C1O. The third kappa shape index (κ3) is 6.14. The summed E-state index contributed by atoms with van der Waals surface area (Å²) in [5, 5.41) is 55.0. The summed E-state index contributed by atoms with van der Waals surface area (Å²) in [7, 11) is 1.45. The smallest absolute Gasteiger partial charge is 0.217 e. The van der Waals surface area contributed by atoms with Crippen LogP contribution in [-0.4, -0.2) is 115 Å². The lowest BCUT2D eigenvalue weighted by Crippen LogP contribution is -2.63. The molecule has 2 aliphatic rings. The van der Waals surface area contributed by atoms with Gasteiger partial charge in [-0.2, -0.15) is 0 Å². The molecule has 12 nitrogen and oxygen atoms in total. The number of aliphatic hydroxyl groups excluding tert-OH is 4. The van der Waals surface area contributed by atoms with E-state index in [0.29, 0.717) is 0 Å². The van der Waals surface area contributed by atoms with E-state index in [1.54, 1.807) is 6.92 Å². The first kappa shape index (κ1) is 26.9. The van der Waals surface area contributed by atoms with Crippen molar-refractivity contribution in [3.63, 3.8) is 0 Å². The lowest BCUT2D eigenvalue weighted by atomic mass is 9.84. The number of carboxylic acids is 1. The maximum Gasteiger partial charge on any atom is 0.217 e. The molecule has 10 atom stereocenters. The molecule has 0 bridgehead atoms. The molecular weight excluding hydrogens is 430 g/mol. The van der Waals surface area contributed by atoms with Crippen LogP contribution in [0.5, 0.6) is 0 Å². The van der Waals surface area contributed by atoms with E-state index in [2.05, 4.69) is 5.32 Å². The van der Waals surface area contributed by atoms with Crippen LogP contribution in [0, 0.1) is 11.8 Å². The molecule has 2 aliphatic heterocycles. The van der Waals surface area contributed by atoms with Gasteiger partial charge in [0.15, 0.2) is 0 Å². The molecule has 0 spiro atoms. The second kappa shape index (κ2) is 12.2. The highest BCUT2D eigenvalue weighted by atomic mass is 16.6. The number of methoxy groups -OCH3 is 1. The van der Waals surface area contributed by atoms with Crippen molar-refractivity contribution in [3.05, 3.63) is 0 Å². The number of ether oxygens (including phenoxy) is 4. The second-order valence-corrected chi connectivity index (χ2v) is 8.24. The van der Waals surface area contributed by atoms with Crippen molar-refractivity contribution in [1.82, 2.24) is 5.32 Å². The van der Waals surface area contributed by atoms with Gasteiger partial charge in [-0.3, -0.25) is 4.79 Å². The molecule has 0 radical (unpaired) electrons. The molecule has 5 N–H and O–H groups in total. The van der Waals surface area contributed by atoms with Crippen LogP contribution in [0.3, 0.4) is 0 Å². The predicted molar refractivity (Wildman–Crippen MR) is 105 cm³/mol. The first-order chi connectivity index (χ1) is 15.2. The van der Waals surface area contributed by atoms with Gasteiger partial charge in [-0.1, -0.05) is 6.92 Å². The van der Waals surface area contributed by atoms with Crippen LogP contribution in [0.25, 0.3) is 0 Å². The van der Waals surface area contributed by atoms with Gasteiger partial charge < -0.3 is 54.6 Å². The van der Waals surface area contributed by atoms with Crippen LogP contribution in [0.4, 0.5) is 0 Å². The van der Waals surface area contributed by atoms with E-state index in [9.17, 15) is 35.1 Å². The van der Waals surface area contributed by atoms with Crippen molar-refractivity contribution in [1.29, 1.82) is 0 Å². The number of carbonyl (C=O) groups excluding carboxylic acids is 2. The Morgan fingerprint density at radius 3 is 2.19 bits per heavy atom. The summed E-state index contributed by atoms with van der Waals surface area (Å²) in [6.45, 7) is 2.18. The van der Waals surface area contributed by atoms with E-state index in [1.807, 2.05) is 0 Å². The maximum absolute atomic E-state index is 11.7. The third-order valence-corrected chi connectivity index (χ3v) is 6.09. The zero-order valence-corrected chi connectivity index (χ0v) is 18.5. The zero-order valence-electron chi connectivity index (χ0n) is 18.5. The fourth-order valence-electron chi connectivity index (χ4n) is 4.41. The van der Waals surface area contributed by atoms with Gasteiger partial charge in [0.2, 0.25) is 5.91 Å². The summed E-state index contributed by atoms with van der Waals surface area (Å²) in [5.74, 6) is -3.40. The van der Waals surface area contributed by atoms with Gasteiger partial charge in [0.25, 0.3) is 0 Å². The monoisotopic (exact) mass is 464 g/mol. The number of rotatable bonds is 10. The third-order valence-electron chi connectivity index (χ3n) is 6.09. The number of nitrogens with one attached hydrogen (secondary N) is 1. The van der Waals surface area contributed by atoms with Gasteiger partial charge in [-0.25, -0.2) is 0 Å². The van der Waals surface area contributed by atoms with E-state index < -0.39 is 73.2 Å². The molecule has 0 aromatic carbocycles. The highest BCUT2D eigenvalue weighted by molar-refractivity contribution is 5.73. The molecule has 0 saturated carbocycles. The van der Waals surface area contributed by atoms with Crippen molar-refractivity contribution in [2.75, 3.05) is 33.5 Å². The van der Waals surface area contributed by atoms with Gasteiger partial charge in [0, 0.05) is 25.9 Å². The fourth-order valence-corrected chi connectivity index (χ4v) is 4.41. The van der Waals surface area contributed by atoms with Gasteiger partial charge in [0.05, 0.1) is 50.6 Å². The summed E-state index contributed by atoms with van der Waals surface area (Å²) in [6.07, 6.45) is -7.78. The Bertz CT molecular complexity index is 620. The van der Waals surface area contributed by atoms with Crippen LogP contribution in [0.1, 0.15) is 20.3 Å². The van der Waals surface area contributed by atoms with Crippen molar-refractivity contribution in [2.45, 2.75) is 69.0 Å². The topological polar surface area (TPSA) is 187 Å². The minimum atomic E-state index is -1.49. The molecule has 1 amide bonds. The van der Waals surface area contributed by atoms with E-state index in [4.69, 9.17) is 18.9 Å². The summed E-state index contributed by atoms with van der Waals surface area (Å²) in [4.78, 5) is 23.1. The summed E-state index contributed by atoms with van der Waals surface area (Å²) in [6, 6.07) is -0.700. The molecule has 2 saturated heterocycles. The normalized spacial score (nSPS) is 40.1. The molecule has 0 aromatic rings. The average molecular weight is 464 g/mol. The van der Waals surface area contributed by atoms with Crippen LogP contribution in [0.15, 0.2) is 0 Å². The van der Waals surface area contributed by atoms with Gasteiger partial charge in [-0.05, 0) is 6.42 Å². The number of aliphatic hydroxyl groups is 4. The molecule has 12 heteroatoms. The maximum atomic E-state index is 11.7. The van der Waals surface area contributed by atoms with Crippen LogP contribution in [0.2, 0.25) is 0 Å². The molecule has 0 aromatic heterocycles. The Morgan fingerprint density at radius 2 is 1.66 bits per heavy atom. The Hall–Kier alpha value is -1.38. The lowest BCUT2D eigenvalue weighted by molar-refractivity contribution is -0.331. The quantitative estimate of drug-likeness (QED) is 0.213. The first-order valence-electron chi connectivity index (χ1n) is 10.7. The Balaban J connectivity index is 2.09. The molecule has 2 fully saturated rings. The molecule has 10 unspecified atom stereocenters. The fraction of sp³-hybridized carbons (Fsp3) is 0.900. The number of aliphatic carboxylic acids is 1. The van der Waals surface area contributed by atoms with Gasteiger partial charge in [0.1, 0.15) is 30.5 Å². The van der Waals surface area contributed by atoms with Crippen molar-refractivity contribution in [2.24, 2.45) is 11.8 Å². The predicted octanol–water partition coefficient (Wildman–Crippen LogP) is -3.84. The highest BCUT2D eigenvalue weighted by Gasteiger charge is 2.47. The molecule has 0 aliphatic carbocycles. The van der Waals surface area contributed by atoms with E-state index in [-0.39, 0.29) is 32.1 Å². The van der Waals surface area contributed by atoms with Crippen molar-refractivity contribution in [3.8, 4) is 0 Å². The van der Waals surface area contributed by atoms with Crippen molar-refractivity contribution >= 4 is 11.9 Å². The highest BCUT2D eigenvalue weighted by Crippen LogP contribution is 2.30. The second-order valence-electron chi connectivity index (χ2n) is 8.24. The van der Waals surface area contributed by atoms with Gasteiger partial charge >= 0.3 is 0 Å². The minimum Gasteiger partial charge on any atom is -0.547 e. The largest absolute Gasteiger partial charge is 0.547 e. The van der Waals surface area contributed by atoms with Crippen molar-refractivity contribution < 1.29 is 54.1 Å². The number of hydrogen-bond donors (Lipinski definition) is 5. The Kier molecular flexibility index (Phi) is 10.2. The van der Waals surface area contributed by atoms with E-state index >= 15 is 0 Å². The standard InChI is InChI=1S/C20H35NO11/c1-4-10-17(25)18(26)14(32-19(10)20(27)28)8-30-6-11-15(21-9(2)23)13(7-29-3)31-12(5-22)16(11)24/h10-19,22,24-26H,4-8H2,1-3H3,(H,21,23)(H,27,28)/p-1. The summed E-state index contributed by atoms with van der Waals surface area (Å²) < 4.78 is 21.8. The minimum absolute atomic E-state index is 0.0903. The zero-order chi connectivity index (χ0) is 24.0. The summed E-state index contributed by atoms with van der Waals surface area (Å²) in [5.41, 5.74) is 0. The van der Waals surface area contributed by atoms with Crippen LogP contribution < -0.4 is 10.4 Å². The number of hydrogen-bond acceptors (Lipinski definition) is 11.